The molecule has 0 amide bonds. The third kappa shape index (κ3) is 5.18. The van der Waals surface area contributed by atoms with Crippen LogP contribution >= 0.6 is 23.2 Å². The highest BCUT2D eigenvalue weighted by atomic mass is 35.5. The van der Waals surface area contributed by atoms with Gasteiger partial charge in [0.1, 0.15) is 36.0 Å². The minimum absolute atomic E-state index is 0.271. The van der Waals surface area contributed by atoms with Crippen molar-refractivity contribution in [1.82, 2.24) is 0 Å². The van der Waals surface area contributed by atoms with Gasteiger partial charge in [-0.1, -0.05) is 53.5 Å². The molecule has 0 atom stereocenters. The van der Waals surface area contributed by atoms with Gasteiger partial charge in [-0.05, 0) is 48.9 Å². The third-order valence-corrected chi connectivity index (χ3v) is 4.71. The van der Waals surface area contributed by atoms with Crippen molar-refractivity contribution in [3.05, 3.63) is 87.9 Å². The van der Waals surface area contributed by atoms with Crippen LogP contribution < -0.4 is 14.2 Å². The van der Waals surface area contributed by atoms with Gasteiger partial charge in [0, 0.05) is 10.0 Å². The van der Waals surface area contributed by atoms with Crippen molar-refractivity contribution in [1.29, 1.82) is 0 Å². The molecule has 0 saturated carbocycles. The van der Waals surface area contributed by atoms with Gasteiger partial charge in [0.2, 0.25) is 0 Å². The average Bonchev–Trinajstić information content (AvgIpc) is 2.70. The first kappa shape index (κ1) is 20.1. The molecule has 0 spiro atoms. The summed E-state index contributed by atoms with van der Waals surface area (Å²) < 4.78 is 16.7. The summed E-state index contributed by atoms with van der Waals surface area (Å²) in [6.07, 6.45) is 0. The lowest BCUT2D eigenvalue weighted by Gasteiger charge is -2.12. The van der Waals surface area contributed by atoms with Crippen LogP contribution in [0, 0.1) is 6.92 Å². The van der Waals surface area contributed by atoms with Crippen molar-refractivity contribution >= 4 is 29.2 Å². The SMILES string of the molecule is Cc1c(Cl)cc(OC(=O)c2ccccc2OCCOc2ccccc2)cc1Cl. The monoisotopic (exact) mass is 416 g/mol. The molecule has 0 radical (unpaired) electrons. The van der Waals surface area contributed by atoms with Gasteiger partial charge in [-0.2, -0.15) is 0 Å². The quantitative estimate of drug-likeness (QED) is 0.270. The predicted molar refractivity (Wildman–Crippen MR) is 110 cm³/mol. The Morgan fingerprint density at radius 1 is 0.821 bits per heavy atom. The zero-order chi connectivity index (χ0) is 19.9. The summed E-state index contributed by atoms with van der Waals surface area (Å²) >= 11 is 12.2. The maximum absolute atomic E-state index is 12.6. The van der Waals surface area contributed by atoms with Gasteiger partial charge in [0.25, 0.3) is 0 Å². The Morgan fingerprint density at radius 2 is 1.43 bits per heavy atom. The maximum atomic E-state index is 12.6. The lowest BCUT2D eigenvalue weighted by Crippen LogP contribution is -2.14. The van der Waals surface area contributed by atoms with Crippen molar-refractivity contribution in [2.45, 2.75) is 6.92 Å². The van der Waals surface area contributed by atoms with Gasteiger partial charge in [0.05, 0.1) is 0 Å². The summed E-state index contributed by atoms with van der Waals surface area (Å²) in [5.41, 5.74) is 1.03. The second-order valence-corrected chi connectivity index (χ2v) is 6.72. The third-order valence-electron chi connectivity index (χ3n) is 3.92. The molecule has 4 nitrogen and oxygen atoms in total. The van der Waals surface area contributed by atoms with Crippen molar-refractivity contribution in [3.63, 3.8) is 0 Å². The van der Waals surface area contributed by atoms with Gasteiger partial charge in [-0.3, -0.25) is 0 Å². The van der Waals surface area contributed by atoms with E-state index in [1.165, 1.54) is 0 Å². The molecule has 0 aliphatic heterocycles. The van der Waals surface area contributed by atoms with Crippen LogP contribution in [-0.4, -0.2) is 19.2 Å². The van der Waals surface area contributed by atoms with Crippen LogP contribution in [0.25, 0.3) is 0 Å². The van der Waals surface area contributed by atoms with Gasteiger partial charge in [0.15, 0.2) is 0 Å². The van der Waals surface area contributed by atoms with Gasteiger partial charge in [-0.25, -0.2) is 4.79 Å². The number of rotatable bonds is 7. The van der Waals surface area contributed by atoms with E-state index in [9.17, 15) is 4.79 Å². The van der Waals surface area contributed by atoms with Crippen molar-refractivity contribution in [3.8, 4) is 17.2 Å². The summed E-state index contributed by atoms with van der Waals surface area (Å²) in [4.78, 5) is 12.6. The molecule has 3 aromatic carbocycles. The summed E-state index contributed by atoms with van der Waals surface area (Å²) in [7, 11) is 0. The van der Waals surface area contributed by atoms with Crippen LogP contribution in [0.4, 0.5) is 0 Å². The van der Waals surface area contributed by atoms with Crippen LogP contribution in [0.15, 0.2) is 66.7 Å². The predicted octanol–water partition coefficient (Wildman–Crippen LogP) is 5.98. The lowest BCUT2D eigenvalue weighted by molar-refractivity contribution is 0.0729. The minimum Gasteiger partial charge on any atom is -0.490 e. The number of carbonyl (C=O) groups is 1. The number of hydrogen-bond donors (Lipinski definition) is 0. The van der Waals surface area contributed by atoms with Gasteiger partial charge >= 0.3 is 5.97 Å². The Labute approximate surface area is 173 Å². The molecule has 6 heteroatoms. The summed E-state index contributed by atoms with van der Waals surface area (Å²) in [6.45, 7) is 2.41. The van der Waals surface area contributed by atoms with Gasteiger partial charge < -0.3 is 14.2 Å². The van der Waals surface area contributed by atoms with E-state index in [1.807, 2.05) is 30.3 Å². The first-order valence-electron chi connectivity index (χ1n) is 8.62. The van der Waals surface area contributed by atoms with Crippen molar-refractivity contribution in [2.24, 2.45) is 0 Å². The normalized spacial score (nSPS) is 10.4. The molecule has 0 saturated heterocycles. The number of carbonyl (C=O) groups excluding carboxylic acids is 1. The topological polar surface area (TPSA) is 44.8 Å². The first-order valence-corrected chi connectivity index (χ1v) is 9.37. The van der Waals surface area contributed by atoms with E-state index < -0.39 is 5.97 Å². The van der Waals surface area contributed by atoms with Crippen LogP contribution in [0.1, 0.15) is 15.9 Å². The number of para-hydroxylation sites is 2. The van der Waals surface area contributed by atoms with E-state index in [1.54, 1.807) is 43.3 Å². The highest BCUT2D eigenvalue weighted by molar-refractivity contribution is 6.36. The number of hydrogen-bond acceptors (Lipinski definition) is 4. The summed E-state index contributed by atoms with van der Waals surface area (Å²) in [6, 6.07) is 19.4. The average molecular weight is 417 g/mol. The Balaban J connectivity index is 1.63. The molecule has 28 heavy (non-hydrogen) atoms. The molecule has 0 bridgehead atoms. The Kier molecular flexibility index (Phi) is 6.80. The van der Waals surface area contributed by atoms with E-state index in [0.717, 1.165) is 11.3 Å². The fraction of sp³-hybridized carbons (Fsp3) is 0.136. The molecule has 0 aliphatic carbocycles. The number of halogens is 2. The van der Waals surface area contributed by atoms with Crippen LogP contribution in [-0.2, 0) is 0 Å². The highest BCUT2D eigenvalue weighted by Crippen LogP contribution is 2.30. The standard InChI is InChI=1S/C22H18Cl2O4/c1-15-19(23)13-17(14-20(15)24)28-22(25)18-9-5-6-10-21(18)27-12-11-26-16-7-3-2-4-8-16/h2-10,13-14H,11-12H2,1H3. The number of benzene rings is 3. The highest BCUT2D eigenvalue weighted by Gasteiger charge is 2.16. The summed E-state index contributed by atoms with van der Waals surface area (Å²) in [5.74, 6) is 0.878. The van der Waals surface area contributed by atoms with E-state index in [4.69, 9.17) is 37.4 Å². The number of esters is 1. The fourth-order valence-electron chi connectivity index (χ4n) is 2.43. The first-order chi connectivity index (χ1) is 13.5. The zero-order valence-electron chi connectivity index (χ0n) is 15.2. The van der Waals surface area contributed by atoms with E-state index in [0.29, 0.717) is 28.0 Å². The molecule has 3 aromatic rings. The van der Waals surface area contributed by atoms with Gasteiger partial charge in [-0.15, -0.1) is 0 Å². The lowest BCUT2D eigenvalue weighted by atomic mass is 10.2. The molecule has 0 unspecified atom stereocenters. The summed E-state index contributed by atoms with van der Waals surface area (Å²) in [5, 5.41) is 0.857. The fourth-order valence-corrected chi connectivity index (χ4v) is 2.90. The van der Waals surface area contributed by atoms with Crippen LogP contribution in [0.3, 0.4) is 0 Å². The molecular formula is C22H18Cl2O4. The van der Waals surface area contributed by atoms with Crippen LogP contribution in [0.2, 0.25) is 10.0 Å². The number of ether oxygens (including phenoxy) is 3. The Hall–Kier alpha value is -2.69. The molecule has 0 fully saturated rings. The molecular weight excluding hydrogens is 399 g/mol. The smallest absolute Gasteiger partial charge is 0.347 e. The second kappa shape index (κ2) is 9.49. The second-order valence-electron chi connectivity index (χ2n) is 5.91. The Bertz CT molecular complexity index is 935. The van der Waals surface area contributed by atoms with E-state index in [2.05, 4.69) is 0 Å². The minimum atomic E-state index is -0.560. The largest absolute Gasteiger partial charge is 0.490 e. The van der Waals surface area contributed by atoms with E-state index in [-0.39, 0.29) is 12.4 Å². The maximum Gasteiger partial charge on any atom is 0.347 e. The van der Waals surface area contributed by atoms with Crippen LogP contribution in [0.5, 0.6) is 17.2 Å². The van der Waals surface area contributed by atoms with Crippen molar-refractivity contribution in [2.75, 3.05) is 13.2 Å². The molecule has 0 N–H and O–H groups in total. The molecule has 0 heterocycles. The Morgan fingerprint density at radius 3 is 2.14 bits per heavy atom. The zero-order valence-corrected chi connectivity index (χ0v) is 16.7. The molecule has 3 rings (SSSR count). The molecule has 0 aliphatic rings. The van der Waals surface area contributed by atoms with E-state index >= 15 is 0 Å². The van der Waals surface area contributed by atoms with Crippen molar-refractivity contribution < 1.29 is 19.0 Å². The molecule has 144 valence electrons. The molecule has 0 aromatic heterocycles.